The lowest BCUT2D eigenvalue weighted by Crippen LogP contribution is -2.49. The fraction of sp³-hybridized carbons (Fsp3) is 0.421. The predicted molar refractivity (Wildman–Crippen MR) is 93.1 cm³/mol. The quantitative estimate of drug-likeness (QED) is 0.853. The van der Waals surface area contributed by atoms with Crippen LogP contribution in [0.5, 0.6) is 0 Å². The Hall–Kier alpha value is -2.43. The van der Waals surface area contributed by atoms with Crippen LogP contribution in [0.1, 0.15) is 25.3 Å². The highest BCUT2D eigenvalue weighted by Gasteiger charge is 2.39. The van der Waals surface area contributed by atoms with Crippen LogP contribution < -0.4 is 4.90 Å². The molecular weight excluding hydrogens is 300 g/mol. The summed E-state index contributed by atoms with van der Waals surface area (Å²) in [5.74, 6) is 1.53. The molecule has 5 nitrogen and oxygen atoms in total. The van der Waals surface area contributed by atoms with Crippen LogP contribution in [0.3, 0.4) is 0 Å². The molecule has 5 heteroatoms. The highest BCUT2D eigenvalue weighted by atomic mass is 16.2. The predicted octanol–water partition coefficient (Wildman–Crippen LogP) is 2.80. The van der Waals surface area contributed by atoms with E-state index in [0.29, 0.717) is 5.92 Å². The molecule has 0 saturated carbocycles. The van der Waals surface area contributed by atoms with E-state index in [2.05, 4.69) is 33.9 Å². The summed E-state index contributed by atoms with van der Waals surface area (Å²) in [6.07, 6.45) is 8.12. The van der Waals surface area contributed by atoms with Gasteiger partial charge in [0, 0.05) is 37.6 Å². The van der Waals surface area contributed by atoms with E-state index in [-0.39, 0.29) is 11.9 Å². The number of rotatable bonds is 2. The highest BCUT2D eigenvalue weighted by molar-refractivity contribution is 5.91. The van der Waals surface area contributed by atoms with E-state index in [1.165, 1.54) is 12.0 Å². The minimum Gasteiger partial charge on any atom is -0.341 e. The van der Waals surface area contributed by atoms with Gasteiger partial charge in [0.15, 0.2) is 5.82 Å². The fourth-order valence-corrected chi connectivity index (χ4v) is 3.88. The maximum atomic E-state index is 13.2. The molecule has 0 spiro atoms. The van der Waals surface area contributed by atoms with Crippen molar-refractivity contribution in [2.24, 2.45) is 5.92 Å². The van der Waals surface area contributed by atoms with Gasteiger partial charge in [0.1, 0.15) is 6.04 Å². The molecule has 4 rings (SSSR count). The number of aromatic nitrogens is 2. The fourth-order valence-electron chi connectivity index (χ4n) is 3.88. The van der Waals surface area contributed by atoms with E-state index in [4.69, 9.17) is 0 Å². The van der Waals surface area contributed by atoms with E-state index in [9.17, 15) is 4.79 Å². The van der Waals surface area contributed by atoms with Crippen molar-refractivity contribution in [2.75, 3.05) is 18.0 Å². The molecule has 0 N–H and O–H groups in total. The van der Waals surface area contributed by atoms with E-state index >= 15 is 0 Å². The lowest BCUT2D eigenvalue weighted by atomic mass is 9.99. The molecule has 0 radical (unpaired) electrons. The first-order valence-electron chi connectivity index (χ1n) is 8.66. The number of nitrogens with zero attached hydrogens (tertiary/aromatic N) is 4. The van der Waals surface area contributed by atoms with Gasteiger partial charge in [-0.05, 0) is 30.4 Å². The molecule has 2 atom stereocenters. The van der Waals surface area contributed by atoms with E-state index < -0.39 is 0 Å². The maximum Gasteiger partial charge on any atom is 0.246 e. The van der Waals surface area contributed by atoms with Crippen molar-refractivity contribution in [3.05, 3.63) is 48.4 Å². The molecule has 2 aromatic rings. The molecular formula is C19H22N4O. The average Bonchev–Trinajstić information content (AvgIpc) is 3.01. The first-order chi connectivity index (χ1) is 11.7. The minimum atomic E-state index is -0.218. The molecule has 0 unspecified atom stereocenters. The van der Waals surface area contributed by atoms with Gasteiger partial charge in [-0.1, -0.05) is 25.1 Å². The standard InChI is InChI=1S/C19H22N4O/c1-14-5-4-10-22(13-14)19(24)17-11-15-6-2-3-7-16(15)23(17)18-12-20-8-9-21-18/h2-3,6-9,12,14,17H,4-5,10-11,13H2,1H3/t14-,17-/m0/s1. The zero-order chi connectivity index (χ0) is 16.5. The summed E-state index contributed by atoms with van der Waals surface area (Å²) in [4.78, 5) is 26.0. The second kappa shape index (κ2) is 6.23. The smallest absolute Gasteiger partial charge is 0.246 e. The van der Waals surface area contributed by atoms with Crippen LogP contribution in [0.25, 0.3) is 0 Å². The average molecular weight is 322 g/mol. The Kier molecular flexibility index (Phi) is 3.92. The van der Waals surface area contributed by atoms with Crippen molar-refractivity contribution in [2.45, 2.75) is 32.2 Å². The zero-order valence-corrected chi connectivity index (χ0v) is 13.9. The topological polar surface area (TPSA) is 49.3 Å². The summed E-state index contributed by atoms with van der Waals surface area (Å²) >= 11 is 0. The number of hydrogen-bond donors (Lipinski definition) is 0. The molecule has 24 heavy (non-hydrogen) atoms. The third kappa shape index (κ3) is 2.64. The number of hydrogen-bond acceptors (Lipinski definition) is 4. The Morgan fingerprint density at radius 3 is 2.92 bits per heavy atom. The normalized spacial score (nSPS) is 23.2. The molecule has 3 heterocycles. The zero-order valence-electron chi connectivity index (χ0n) is 13.9. The highest BCUT2D eigenvalue weighted by Crippen LogP contribution is 2.38. The van der Waals surface area contributed by atoms with Crippen LogP contribution >= 0.6 is 0 Å². The second-order valence-corrected chi connectivity index (χ2v) is 6.81. The van der Waals surface area contributed by atoms with Gasteiger partial charge in [-0.25, -0.2) is 4.98 Å². The number of para-hydroxylation sites is 1. The van der Waals surface area contributed by atoms with E-state index in [1.807, 2.05) is 17.0 Å². The van der Waals surface area contributed by atoms with E-state index in [0.717, 1.165) is 37.4 Å². The van der Waals surface area contributed by atoms with E-state index in [1.54, 1.807) is 18.6 Å². The van der Waals surface area contributed by atoms with Gasteiger partial charge in [-0.15, -0.1) is 0 Å². The van der Waals surface area contributed by atoms with Crippen molar-refractivity contribution in [1.82, 2.24) is 14.9 Å². The molecule has 1 aromatic carbocycles. The molecule has 1 aromatic heterocycles. The summed E-state index contributed by atoms with van der Waals surface area (Å²) in [5.41, 5.74) is 2.27. The number of likely N-dealkylation sites (tertiary alicyclic amines) is 1. The number of anilines is 2. The Morgan fingerprint density at radius 1 is 1.25 bits per heavy atom. The number of amides is 1. The summed E-state index contributed by atoms with van der Waals surface area (Å²) in [5, 5.41) is 0. The van der Waals surface area contributed by atoms with Gasteiger partial charge in [-0.3, -0.25) is 9.78 Å². The van der Waals surface area contributed by atoms with Crippen LogP contribution in [-0.2, 0) is 11.2 Å². The lowest BCUT2D eigenvalue weighted by Gasteiger charge is -2.35. The number of piperidine rings is 1. The van der Waals surface area contributed by atoms with Gasteiger partial charge in [0.25, 0.3) is 0 Å². The first-order valence-corrected chi connectivity index (χ1v) is 8.66. The Bertz CT molecular complexity index is 733. The van der Waals surface area contributed by atoms with Gasteiger partial charge in [0.05, 0.1) is 6.20 Å². The minimum absolute atomic E-state index is 0.211. The first kappa shape index (κ1) is 15.1. The Labute approximate surface area is 142 Å². The number of fused-ring (bicyclic) bond motifs is 1. The summed E-state index contributed by atoms with van der Waals surface area (Å²) in [6.45, 7) is 3.95. The van der Waals surface area contributed by atoms with Crippen LogP contribution in [0, 0.1) is 5.92 Å². The third-order valence-electron chi connectivity index (χ3n) is 5.03. The third-order valence-corrected chi connectivity index (χ3v) is 5.03. The molecule has 124 valence electrons. The monoisotopic (exact) mass is 322 g/mol. The number of carbonyl (C=O) groups excluding carboxylic acids is 1. The van der Waals surface area contributed by atoms with Crippen molar-refractivity contribution in [1.29, 1.82) is 0 Å². The largest absolute Gasteiger partial charge is 0.341 e. The van der Waals surface area contributed by atoms with Gasteiger partial charge in [0.2, 0.25) is 5.91 Å². The van der Waals surface area contributed by atoms with Crippen LogP contribution in [0.2, 0.25) is 0 Å². The number of carbonyl (C=O) groups is 1. The van der Waals surface area contributed by atoms with Crippen LogP contribution in [0.4, 0.5) is 11.5 Å². The molecule has 2 aliphatic rings. The van der Waals surface area contributed by atoms with Crippen molar-refractivity contribution in [3.8, 4) is 0 Å². The molecule has 1 fully saturated rings. The maximum absolute atomic E-state index is 13.2. The molecule has 1 amide bonds. The molecule has 0 bridgehead atoms. The van der Waals surface area contributed by atoms with Crippen molar-refractivity contribution >= 4 is 17.4 Å². The molecule has 0 aliphatic carbocycles. The Morgan fingerprint density at radius 2 is 2.12 bits per heavy atom. The lowest BCUT2D eigenvalue weighted by molar-refractivity contribution is -0.134. The van der Waals surface area contributed by atoms with Crippen LogP contribution in [0.15, 0.2) is 42.9 Å². The van der Waals surface area contributed by atoms with Gasteiger partial charge in [-0.2, -0.15) is 0 Å². The SMILES string of the molecule is C[C@H]1CCCN(C(=O)[C@@H]2Cc3ccccc3N2c2cnccn2)C1. The summed E-state index contributed by atoms with van der Waals surface area (Å²) in [6, 6.07) is 7.99. The number of benzene rings is 1. The van der Waals surface area contributed by atoms with Crippen molar-refractivity contribution in [3.63, 3.8) is 0 Å². The second-order valence-electron chi connectivity index (χ2n) is 6.81. The molecule has 2 aliphatic heterocycles. The Balaban J connectivity index is 1.68. The summed E-state index contributed by atoms with van der Waals surface area (Å²) in [7, 11) is 0. The summed E-state index contributed by atoms with van der Waals surface area (Å²) < 4.78 is 0. The van der Waals surface area contributed by atoms with Crippen molar-refractivity contribution < 1.29 is 4.79 Å². The van der Waals surface area contributed by atoms with Gasteiger partial charge >= 0.3 is 0 Å². The van der Waals surface area contributed by atoms with Gasteiger partial charge < -0.3 is 9.80 Å². The molecule has 1 saturated heterocycles. The van der Waals surface area contributed by atoms with Crippen LogP contribution in [-0.4, -0.2) is 39.9 Å².